The van der Waals surface area contributed by atoms with Crippen molar-refractivity contribution < 1.29 is 4.79 Å². The van der Waals surface area contributed by atoms with Crippen molar-refractivity contribution >= 4 is 27.7 Å². The highest BCUT2D eigenvalue weighted by atomic mass is 79.9. The molecule has 0 aliphatic carbocycles. The van der Waals surface area contributed by atoms with Crippen LogP contribution in [0.25, 0.3) is 0 Å². The van der Waals surface area contributed by atoms with Gasteiger partial charge >= 0.3 is 0 Å². The lowest BCUT2D eigenvalue weighted by atomic mass is 10.0. The summed E-state index contributed by atoms with van der Waals surface area (Å²) < 4.78 is 2.90. The van der Waals surface area contributed by atoms with Gasteiger partial charge < -0.3 is 14.8 Å². The fourth-order valence-electron chi connectivity index (χ4n) is 2.98. The molecule has 5 nitrogen and oxygen atoms in total. The van der Waals surface area contributed by atoms with Gasteiger partial charge in [0.15, 0.2) is 0 Å². The van der Waals surface area contributed by atoms with Crippen LogP contribution >= 0.6 is 15.9 Å². The number of anilines is 1. The highest BCUT2D eigenvalue weighted by Gasteiger charge is 2.23. The molecular formula is C17H21BrN4O. The Labute approximate surface area is 144 Å². The number of rotatable bonds is 4. The van der Waals surface area contributed by atoms with Crippen LogP contribution in [-0.4, -0.2) is 34.6 Å². The summed E-state index contributed by atoms with van der Waals surface area (Å²) in [6.45, 7) is 4.65. The second-order valence-corrected chi connectivity index (χ2v) is 6.67. The lowest BCUT2D eigenvalue weighted by Crippen LogP contribution is -2.45. The molecule has 1 N–H and O–H groups in total. The van der Waals surface area contributed by atoms with Crippen molar-refractivity contribution in [3.63, 3.8) is 0 Å². The first kappa shape index (κ1) is 16.1. The standard InChI is InChI=1S/C17H21BrN4O/c1-2-21-12-13(18)11-15(21)17(23)20-14-6-9-22(10-7-14)16-5-3-4-8-19-16/h3-5,8,11-12,14H,2,6-7,9-10H2,1H3,(H,20,23). The highest BCUT2D eigenvalue weighted by Crippen LogP contribution is 2.19. The average molecular weight is 377 g/mol. The molecule has 0 unspecified atom stereocenters. The lowest BCUT2D eigenvalue weighted by Gasteiger charge is -2.33. The minimum Gasteiger partial charge on any atom is -0.356 e. The van der Waals surface area contributed by atoms with E-state index < -0.39 is 0 Å². The van der Waals surface area contributed by atoms with E-state index in [4.69, 9.17) is 0 Å². The van der Waals surface area contributed by atoms with Crippen LogP contribution in [0.3, 0.4) is 0 Å². The number of halogens is 1. The third kappa shape index (κ3) is 3.75. The van der Waals surface area contributed by atoms with Crippen LogP contribution in [0.15, 0.2) is 41.1 Å². The first-order valence-corrected chi connectivity index (χ1v) is 8.79. The van der Waals surface area contributed by atoms with Gasteiger partial charge in [0, 0.05) is 42.5 Å². The molecule has 23 heavy (non-hydrogen) atoms. The van der Waals surface area contributed by atoms with Gasteiger partial charge in [-0.1, -0.05) is 6.07 Å². The van der Waals surface area contributed by atoms with Crippen LogP contribution in [-0.2, 0) is 6.54 Å². The monoisotopic (exact) mass is 376 g/mol. The number of nitrogens with zero attached hydrogens (tertiary/aromatic N) is 3. The van der Waals surface area contributed by atoms with Crippen LogP contribution in [0.4, 0.5) is 5.82 Å². The van der Waals surface area contributed by atoms with Crippen molar-refractivity contribution in [3.8, 4) is 0 Å². The second kappa shape index (κ2) is 7.17. The summed E-state index contributed by atoms with van der Waals surface area (Å²) in [6.07, 6.45) is 5.64. The van der Waals surface area contributed by atoms with Gasteiger partial charge in [-0.05, 0) is 53.9 Å². The van der Waals surface area contributed by atoms with Gasteiger partial charge in [-0.2, -0.15) is 0 Å². The van der Waals surface area contributed by atoms with Crippen LogP contribution in [0.2, 0.25) is 0 Å². The predicted molar refractivity (Wildman–Crippen MR) is 94.7 cm³/mol. The number of nitrogens with one attached hydrogen (secondary N) is 1. The van der Waals surface area contributed by atoms with Crippen LogP contribution < -0.4 is 10.2 Å². The number of hydrogen-bond donors (Lipinski definition) is 1. The Morgan fingerprint density at radius 2 is 2.17 bits per heavy atom. The molecular weight excluding hydrogens is 356 g/mol. The summed E-state index contributed by atoms with van der Waals surface area (Å²) in [5, 5.41) is 3.17. The predicted octanol–water partition coefficient (Wildman–Crippen LogP) is 3.06. The number of aromatic nitrogens is 2. The maximum absolute atomic E-state index is 12.5. The molecule has 0 aromatic carbocycles. The van der Waals surface area contributed by atoms with Gasteiger partial charge in [0.1, 0.15) is 11.5 Å². The topological polar surface area (TPSA) is 50.2 Å². The summed E-state index contributed by atoms with van der Waals surface area (Å²) in [5.74, 6) is 1.02. The van der Waals surface area contributed by atoms with Gasteiger partial charge in [-0.3, -0.25) is 4.79 Å². The number of carbonyl (C=O) groups is 1. The molecule has 3 rings (SSSR count). The normalized spacial score (nSPS) is 15.7. The summed E-state index contributed by atoms with van der Waals surface area (Å²) in [7, 11) is 0. The molecule has 0 radical (unpaired) electrons. The van der Waals surface area contributed by atoms with Crippen molar-refractivity contribution in [2.24, 2.45) is 0 Å². The van der Waals surface area contributed by atoms with Crippen molar-refractivity contribution in [2.75, 3.05) is 18.0 Å². The van der Waals surface area contributed by atoms with E-state index in [0.29, 0.717) is 5.69 Å². The smallest absolute Gasteiger partial charge is 0.268 e. The van der Waals surface area contributed by atoms with Crippen LogP contribution in [0.5, 0.6) is 0 Å². The molecule has 6 heteroatoms. The van der Waals surface area contributed by atoms with Gasteiger partial charge in [-0.25, -0.2) is 4.98 Å². The van der Waals surface area contributed by atoms with Crippen molar-refractivity contribution in [3.05, 3.63) is 46.8 Å². The van der Waals surface area contributed by atoms with E-state index in [2.05, 4.69) is 31.1 Å². The van der Waals surface area contributed by atoms with Crippen molar-refractivity contribution in [2.45, 2.75) is 32.4 Å². The molecule has 1 aliphatic heterocycles. The van der Waals surface area contributed by atoms with E-state index in [1.165, 1.54) is 0 Å². The van der Waals surface area contributed by atoms with E-state index in [0.717, 1.165) is 42.8 Å². The minimum absolute atomic E-state index is 0.00818. The van der Waals surface area contributed by atoms with E-state index in [1.807, 2.05) is 48.1 Å². The van der Waals surface area contributed by atoms with Crippen molar-refractivity contribution in [1.29, 1.82) is 0 Å². The van der Waals surface area contributed by atoms with Gasteiger partial charge in [0.05, 0.1) is 0 Å². The van der Waals surface area contributed by atoms with E-state index in [-0.39, 0.29) is 11.9 Å². The Morgan fingerprint density at radius 1 is 1.39 bits per heavy atom. The molecule has 0 bridgehead atoms. The lowest BCUT2D eigenvalue weighted by molar-refractivity contribution is 0.0922. The average Bonchev–Trinajstić information content (AvgIpc) is 2.97. The number of carbonyl (C=O) groups excluding carboxylic acids is 1. The maximum Gasteiger partial charge on any atom is 0.268 e. The first-order chi connectivity index (χ1) is 11.2. The fraction of sp³-hybridized carbons (Fsp3) is 0.412. The number of hydrogen-bond acceptors (Lipinski definition) is 3. The fourth-order valence-corrected chi connectivity index (χ4v) is 3.44. The zero-order valence-electron chi connectivity index (χ0n) is 13.2. The number of aryl methyl sites for hydroxylation is 1. The third-order valence-electron chi connectivity index (χ3n) is 4.24. The summed E-state index contributed by atoms with van der Waals surface area (Å²) in [4.78, 5) is 19.1. The Morgan fingerprint density at radius 3 is 2.83 bits per heavy atom. The number of amides is 1. The molecule has 1 fully saturated rings. The molecule has 2 aromatic heterocycles. The summed E-state index contributed by atoms with van der Waals surface area (Å²) in [5.41, 5.74) is 0.714. The quantitative estimate of drug-likeness (QED) is 0.891. The summed E-state index contributed by atoms with van der Waals surface area (Å²) in [6, 6.07) is 8.07. The molecule has 1 saturated heterocycles. The van der Waals surface area contributed by atoms with Crippen LogP contribution in [0, 0.1) is 0 Å². The van der Waals surface area contributed by atoms with E-state index in [1.54, 1.807) is 0 Å². The van der Waals surface area contributed by atoms with Gasteiger partial charge in [-0.15, -0.1) is 0 Å². The largest absolute Gasteiger partial charge is 0.356 e. The SMILES string of the molecule is CCn1cc(Br)cc1C(=O)NC1CCN(c2ccccn2)CC1. The molecule has 1 amide bonds. The Kier molecular flexibility index (Phi) is 5.00. The van der Waals surface area contributed by atoms with Crippen LogP contribution in [0.1, 0.15) is 30.3 Å². The second-order valence-electron chi connectivity index (χ2n) is 5.75. The van der Waals surface area contributed by atoms with E-state index >= 15 is 0 Å². The minimum atomic E-state index is 0.00818. The van der Waals surface area contributed by atoms with E-state index in [9.17, 15) is 4.79 Å². The highest BCUT2D eigenvalue weighted by molar-refractivity contribution is 9.10. The Balaban J connectivity index is 1.57. The molecule has 0 spiro atoms. The summed E-state index contributed by atoms with van der Waals surface area (Å²) >= 11 is 3.44. The Hall–Kier alpha value is -1.82. The molecule has 1 aliphatic rings. The first-order valence-electron chi connectivity index (χ1n) is 8.00. The maximum atomic E-state index is 12.5. The molecule has 2 aromatic rings. The zero-order chi connectivity index (χ0) is 16.2. The third-order valence-corrected chi connectivity index (χ3v) is 4.67. The molecule has 0 atom stereocenters. The molecule has 3 heterocycles. The zero-order valence-corrected chi connectivity index (χ0v) is 14.8. The molecule has 0 saturated carbocycles. The Bertz CT molecular complexity index is 662. The number of piperidine rings is 1. The van der Waals surface area contributed by atoms with Gasteiger partial charge in [0.2, 0.25) is 0 Å². The number of pyridine rings is 1. The molecule has 122 valence electrons. The van der Waals surface area contributed by atoms with Gasteiger partial charge in [0.25, 0.3) is 5.91 Å². The van der Waals surface area contributed by atoms with Crippen molar-refractivity contribution in [1.82, 2.24) is 14.9 Å².